The summed E-state index contributed by atoms with van der Waals surface area (Å²) in [4.78, 5) is 0. The number of fused-ring (bicyclic) bond motifs is 1. The van der Waals surface area contributed by atoms with Crippen LogP contribution in [0.4, 0.5) is 0 Å². The van der Waals surface area contributed by atoms with Crippen molar-refractivity contribution in [3.63, 3.8) is 0 Å². The smallest absolute Gasteiger partial charge is 0.214 e. The summed E-state index contributed by atoms with van der Waals surface area (Å²) in [6.45, 7) is 6.04. The van der Waals surface area contributed by atoms with E-state index in [2.05, 4.69) is 23.7 Å². The Kier molecular flexibility index (Phi) is 5.36. The molecule has 29 heavy (non-hydrogen) atoms. The normalized spacial score (nSPS) is 16.8. The highest BCUT2D eigenvalue weighted by Crippen LogP contribution is 2.31. The molecule has 7 heteroatoms. The molecule has 0 saturated heterocycles. The third kappa shape index (κ3) is 4.31. The highest BCUT2D eigenvalue weighted by atomic mass is 32.2. The molecule has 1 aliphatic carbocycles. The Bertz CT molecular complexity index is 1090. The number of sulfonamides is 1. The summed E-state index contributed by atoms with van der Waals surface area (Å²) in [5, 5.41) is 5.18. The van der Waals surface area contributed by atoms with E-state index in [0.717, 1.165) is 29.3 Å². The highest BCUT2D eigenvalue weighted by molar-refractivity contribution is 7.90. The van der Waals surface area contributed by atoms with Crippen molar-refractivity contribution in [3.05, 3.63) is 60.3 Å². The molecule has 154 valence electrons. The third-order valence-electron chi connectivity index (χ3n) is 5.21. The van der Waals surface area contributed by atoms with Gasteiger partial charge in [-0.05, 0) is 57.4 Å². The summed E-state index contributed by atoms with van der Waals surface area (Å²) < 4.78 is 36.0. The lowest BCUT2D eigenvalue weighted by Crippen LogP contribution is -2.40. The number of nitrogens with one attached hydrogen (secondary N) is 1. The molecule has 2 aromatic carbocycles. The molecular formula is C22H27N3O3S. The first-order chi connectivity index (χ1) is 13.8. The number of hydrogen-bond donors (Lipinski definition) is 1. The average molecular weight is 414 g/mol. The Balaban J connectivity index is 1.62. The minimum absolute atomic E-state index is 0.264. The van der Waals surface area contributed by atoms with E-state index in [-0.39, 0.29) is 11.3 Å². The number of hydrogen-bond acceptors (Lipinski definition) is 4. The van der Waals surface area contributed by atoms with Crippen LogP contribution >= 0.6 is 0 Å². The van der Waals surface area contributed by atoms with Crippen LogP contribution in [0.5, 0.6) is 5.75 Å². The molecule has 1 aliphatic rings. The lowest BCUT2D eigenvalue weighted by atomic mass is 10.0. The number of nitrogens with zero attached hydrogens (tertiary/aromatic N) is 2. The molecule has 4 rings (SSSR count). The third-order valence-corrected chi connectivity index (χ3v) is 7.26. The van der Waals surface area contributed by atoms with E-state index in [4.69, 9.17) is 4.74 Å². The number of ether oxygens (including phenoxy) is 1. The standard InChI is InChI=1S/C22H27N3O3S/c1-15(2)25-21-12-9-19(13-18(21)14-23-25)28-22(17-7-5-4-6-8-17)16(3)24-29(26,27)20-10-11-20/h4-9,12-16,20,22,24H,10-11H2,1-3H3/t16-,22+/m0/s1. The van der Waals surface area contributed by atoms with Crippen molar-refractivity contribution in [1.29, 1.82) is 0 Å². The van der Waals surface area contributed by atoms with E-state index in [1.165, 1.54) is 0 Å². The van der Waals surface area contributed by atoms with Crippen LogP contribution in [-0.4, -0.2) is 29.5 Å². The summed E-state index contributed by atoms with van der Waals surface area (Å²) >= 11 is 0. The lowest BCUT2D eigenvalue weighted by Gasteiger charge is -2.26. The van der Waals surface area contributed by atoms with Crippen LogP contribution in [0.3, 0.4) is 0 Å². The maximum absolute atomic E-state index is 12.5. The molecule has 0 aliphatic heterocycles. The summed E-state index contributed by atoms with van der Waals surface area (Å²) in [7, 11) is -3.32. The Morgan fingerprint density at radius 3 is 2.48 bits per heavy atom. The molecule has 0 spiro atoms. The molecular weight excluding hydrogens is 386 g/mol. The number of rotatable bonds is 8. The first kappa shape index (κ1) is 19.9. The monoisotopic (exact) mass is 413 g/mol. The van der Waals surface area contributed by atoms with Gasteiger partial charge < -0.3 is 4.74 Å². The lowest BCUT2D eigenvalue weighted by molar-refractivity contribution is 0.173. The van der Waals surface area contributed by atoms with Gasteiger partial charge in [-0.25, -0.2) is 13.1 Å². The van der Waals surface area contributed by atoms with Gasteiger partial charge in [0, 0.05) is 11.4 Å². The summed E-state index contributed by atoms with van der Waals surface area (Å²) in [5.41, 5.74) is 1.97. The fourth-order valence-electron chi connectivity index (χ4n) is 3.56. The van der Waals surface area contributed by atoms with Crippen molar-refractivity contribution in [2.45, 2.75) is 57.1 Å². The van der Waals surface area contributed by atoms with Crippen LogP contribution in [-0.2, 0) is 10.0 Å². The van der Waals surface area contributed by atoms with E-state index >= 15 is 0 Å². The Morgan fingerprint density at radius 1 is 1.10 bits per heavy atom. The fraction of sp³-hybridized carbons (Fsp3) is 0.409. The van der Waals surface area contributed by atoms with Gasteiger partial charge in [0.1, 0.15) is 11.9 Å². The Hall–Kier alpha value is -2.38. The zero-order valence-corrected chi connectivity index (χ0v) is 17.8. The predicted molar refractivity (Wildman–Crippen MR) is 114 cm³/mol. The highest BCUT2D eigenvalue weighted by Gasteiger charge is 2.38. The molecule has 1 fully saturated rings. The van der Waals surface area contributed by atoms with Crippen LogP contribution < -0.4 is 9.46 Å². The van der Waals surface area contributed by atoms with Crippen molar-refractivity contribution in [2.24, 2.45) is 0 Å². The molecule has 0 unspecified atom stereocenters. The van der Waals surface area contributed by atoms with Crippen LogP contribution in [0.2, 0.25) is 0 Å². The maximum Gasteiger partial charge on any atom is 0.214 e. The van der Waals surface area contributed by atoms with Gasteiger partial charge in [0.25, 0.3) is 0 Å². The largest absolute Gasteiger partial charge is 0.484 e. The molecule has 0 amide bonds. The van der Waals surface area contributed by atoms with Crippen LogP contribution in [0.15, 0.2) is 54.7 Å². The topological polar surface area (TPSA) is 73.2 Å². The minimum Gasteiger partial charge on any atom is -0.484 e. The van der Waals surface area contributed by atoms with Gasteiger partial charge >= 0.3 is 0 Å². The molecule has 1 saturated carbocycles. The number of aromatic nitrogens is 2. The van der Waals surface area contributed by atoms with E-state index in [1.807, 2.05) is 66.3 Å². The minimum atomic E-state index is -3.32. The predicted octanol–water partition coefficient (Wildman–Crippen LogP) is 4.21. The molecule has 3 aromatic rings. The summed E-state index contributed by atoms with van der Waals surface area (Å²) in [6.07, 6.45) is 2.85. The molecule has 0 radical (unpaired) electrons. The maximum atomic E-state index is 12.5. The average Bonchev–Trinajstić information content (AvgIpc) is 3.47. The van der Waals surface area contributed by atoms with Gasteiger partial charge in [0.05, 0.1) is 23.0 Å². The van der Waals surface area contributed by atoms with Gasteiger partial charge in [-0.3, -0.25) is 4.68 Å². The first-order valence-corrected chi connectivity index (χ1v) is 11.6. The van der Waals surface area contributed by atoms with Crippen LogP contribution in [0, 0.1) is 0 Å². The second-order valence-corrected chi connectivity index (χ2v) is 10.00. The molecule has 1 aromatic heterocycles. The van der Waals surface area contributed by atoms with Gasteiger partial charge in [-0.1, -0.05) is 30.3 Å². The van der Waals surface area contributed by atoms with Gasteiger partial charge in [0.15, 0.2) is 0 Å². The van der Waals surface area contributed by atoms with Crippen molar-refractivity contribution in [3.8, 4) is 5.75 Å². The van der Waals surface area contributed by atoms with E-state index in [9.17, 15) is 8.42 Å². The Labute approximate surface area is 171 Å². The molecule has 2 atom stereocenters. The van der Waals surface area contributed by atoms with E-state index in [0.29, 0.717) is 5.75 Å². The summed E-state index contributed by atoms with van der Waals surface area (Å²) in [5.74, 6) is 0.687. The molecule has 1 N–H and O–H groups in total. The summed E-state index contributed by atoms with van der Waals surface area (Å²) in [6, 6.07) is 15.5. The van der Waals surface area contributed by atoms with Crippen molar-refractivity contribution in [2.75, 3.05) is 0 Å². The van der Waals surface area contributed by atoms with Gasteiger partial charge in [-0.2, -0.15) is 5.10 Å². The molecule has 1 heterocycles. The fourth-order valence-corrected chi connectivity index (χ4v) is 5.15. The van der Waals surface area contributed by atoms with Gasteiger partial charge in [0.2, 0.25) is 10.0 Å². The molecule has 6 nitrogen and oxygen atoms in total. The van der Waals surface area contributed by atoms with Crippen molar-refractivity contribution in [1.82, 2.24) is 14.5 Å². The quantitative estimate of drug-likeness (QED) is 0.600. The van der Waals surface area contributed by atoms with Crippen molar-refractivity contribution >= 4 is 20.9 Å². The zero-order valence-electron chi connectivity index (χ0n) is 16.9. The van der Waals surface area contributed by atoms with Crippen LogP contribution in [0.1, 0.15) is 51.3 Å². The number of benzene rings is 2. The second kappa shape index (κ2) is 7.80. The second-order valence-electron chi connectivity index (χ2n) is 8.00. The van der Waals surface area contributed by atoms with E-state index < -0.39 is 22.2 Å². The van der Waals surface area contributed by atoms with Gasteiger partial charge in [-0.15, -0.1) is 0 Å². The molecule has 0 bridgehead atoms. The van der Waals surface area contributed by atoms with Crippen molar-refractivity contribution < 1.29 is 13.2 Å². The zero-order chi connectivity index (χ0) is 20.6. The van der Waals surface area contributed by atoms with Crippen LogP contribution in [0.25, 0.3) is 10.9 Å². The Morgan fingerprint density at radius 2 is 1.83 bits per heavy atom. The van der Waals surface area contributed by atoms with E-state index in [1.54, 1.807) is 0 Å². The first-order valence-electron chi connectivity index (χ1n) is 10.0. The SMILES string of the molecule is CC(C)n1ncc2cc(O[C@@H](c3ccccc3)[C@H](C)NS(=O)(=O)C3CC3)ccc21.